The van der Waals surface area contributed by atoms with E-state index in [0.29, 0.717) is 11.4 Å². The highest BCUT2D eigenvalue weighted by Crippen LogP contribution is 2.33. The van der Waals surface area contributed by atoms with Gasteiger partial charge >= 0.3 is 0 Å². The third kappa shape index (κ3) is 3.41. The fraction of sp³-hybridized carbons (Fsp3) is 0.158. The van der Waals surface area contributed by atoms with Gasteiger partial charge in [0.25, 0.3) is 11.8 Å². The number of carbonyl (C=O) groups is 2. The van der Waals surface area contributed by atoms with Crippen LogP contribution in [0.5, 0.6) is 5.75 Å². The summed E-state index contributed by atoms with van der Waals surface area (Å²) in [5.74, 6) is -1.19. The van der Waals surface area contributed by atoms with E-state index in [1.54, 1.807) is 25.3 Å². The molecule has 1 aliphatic rings. The van der Waals surface area contributed by atoms with Gasteiger partial charge in [0, 0.05) is 17.1 Å². The van der Waals surface area contributed by atoms with Gasteiger partial charge in [0.1, 0.15) is 5.75 Å². The zero-order valence-electron chi connectivity index (χ0n) is 13.8. The van der Waals surface area contributed by atoms with Gasteiger partial charge in [-0.15, -0.1) is 0 Å². The molecule has 0 aromatic heterocycles. The average Bonchev–Trinajstić information content (AvgIpc) is 2.83. The first-order valence-corrected chi connectivity index (χ1v) is 8.55. The molecule has 0 saturated carbocycles. The largest absolute Gasteiger partial charge is 0.502 e. The van der Waals surface area contributed by atoms with Gasteiger partial charge in [-0.2, -0.15) is 0 Å². The second-order valence-corrected chi connectivity index (χ2v) is 6.55. The van der Waals surface area contributed by atoms with Crippen LogP contribution in [0.3, 0.4) is 0 Å². The van der Waals surface area contributed by atoms with E-state index in [9.17, 15) is 14.7 Å². The summed E-state index contributed by atoms with van der Waals surface area (Å²) in [6.07, 6.45) is 0.455. The monoisotopic (exact) mass is 391 g/mol. The first kappa shape index (κ1) is 18.3. The lowest BCUT2D eigenvalue weighted by molar-refractivity contribution is -0.138. The summed E-state index contributed by atoms with van der Waals surface area (Å²) in [7, 11) is 1.58. The molecule has 0 saturated heterocycles. The standard InChI is InChI=1S/C19H15Cl2NO4/c1-26-13-5-2-11(3-6-13)8-9-22-18(24)16(17(23)19(22)25)14-7-4-12(20)10-15(14)21/h2-7,10,23H,8-9H2,1H3. The second kappa shape index (κ2) is 7.40. The molecule has 2 aromatic rings. The van der Waals surface area contributed by atoms with Crippen LogP contribution in [0.1, 0.15) is 11.1 Å². The minimum atomic E-state index is -0.732. The van der Waals surface area contributed by atoms with E-state index in [1.165, 1.54) is 12.1 Å². The molecule has 1 aliphatic heterocycles. The van der Waals surface area contributed by atoms with E-state index in [-0.39, 0.29) is 22.7 Å². The number of hydrogen-bond donors (Lipinski definition) is 1. The van der Waals surface area contributed by atoms with E-state index < -0.39 is 17.6 Å². The highest BCUT2D eigenvalue weighted by atomic mass is 35.5. The Morgan fingerprint density at radius 1 is 1.04 bits per heavy atom. The molecule has 2 amide bonds. The molecular weight excluding hydrogens is 377 g/mol. The predicted molar refractivity (Wildman–Crippen MR) is 99.4 cm³/mol. The molecule has 0 spiro atoms. The maximum absolute atomic E-state index is 12.7. The maximum atomic E-state index is 12.7. The number of ether oxygens (including phenoxy) is 1. The Labute approximate surface area is 160 Å². The average molecular weight is 392 g/mol. The molecule has 2 aromatic carbocycles. The number of benzene rings is 2. The van der Waals surface area contributed by atoms with Crippen LogP contribution >= 0.6 is 23.2 Å². The minimum absolute atomic E-state index is 0.105. The molecular formula is C19H15Cl2NO4. The van der Waals surface area contributed by atoms with Crippen molar-refractivity contribution in [3.05, 3.63) is 69.4 Å². The lowest BCUT2D eigenvalue weighted by atomic mass is 10.1. The number of halogens is 2. The van der Waals surface area contributed by atoms with Crippen molar-refractivity contribution in [2.75, 3.05) is 13.7 Å². The number of aliphatic hydroxyl groups excluding tert-OH is 1. The Balaban J connectivity index is 1.79. The Morgan fingerprint density at radius 3 is 2.35 bits per heavy atom. The third-order valence-corrected chi connectivity index (χ3v) is 4.67. The van der Waals surface area contributed by atoms with Gasteiger partial charge in [-0.25, -0.2) is 0 Å². The van der Waals surface area contributed by atoms with Crippen LogP contribution < -0.4 is 4.74 Å². The predicted octanol–water partition coefficient (Wildman–Crippen LogP) is 3.88. The maximum Gasteiger partial charge on any atom is 0.296 e. The molecule has 7 heteroatoms. The summed E-state index contributed by atoms with van der Waals surface area (Å²) in [5, 5.41) is 10.8. The quantitative estimate of drug-likeness (QED) is 0.785. The van der Waals surface area contributed by atoms with E-state index in [0.717, 1.165) is 16.2 Å². The van der Waals surface area contributed by atoms with Crippen LogP contribution in [0.15, 0.2) is 48.2 Å². The lowest BCUT2D eigenvalue weighted by Gasteiger charge is -2.15. The summed E-state index contributed by atoms with van der Waals surface area (Å²) < 4.78 is 5.10. The highest BCUT2D eigenvalue weighted by molar-refractivity contribution is 6.40. The second-order valence-electron chi connectivity index (χ2n) is 5.71. The summed E-state index contributed by atoms with van der Waals surface area (Å²) in [6, 6.07) is 11.8. The molecule has 0 aliphatic carbocycles. The lowest BCUT2D eigenvalue weighted by Crippen LogP contribution is -2.33. The van der Waals surface area contributed by atoms with Crippen molar-refractivity contribution in [1.82, 2.24) is 4.90 Å². The Kier molecular flexibility index (Phi) is 5.20. The molecule has 0 atom stereocenters. The number of imide groups is 1. The van der Waals surface area contributed by atoms with Gasteiger partial charge in [0.2, 0.25) is 0 Å². The number of nitrogens with zero attached hydrogens (tertiary/aromatic N) is 1. The van der Waals surface area contributed by atoms with E-state index in [2.05, 4.69) is 0 Å². The van der Waals surface area contributed by atoms with Gasteiger partial charge in [-0.05, 0) is 36.2 Å². The fourth-order valence-corrected chi connectivity index (χ4v) is 3.24. The molecule has 3 rings (SSSR count). The molecule has 0 fully saturated rings. The van der Waals surface area contributed by atoms with E-state index >= 15 is 0 Å². The zero-order chi connectivity index (χ0) is 18.8. The number of rotatable bonds is 5. The van der Waals surface area contributed by atoms with Gasteiger partial charge in [0.05, 0.1) is 17.7 Å². The highest BCUT2D eigenvalue weighted by Gasteiger charge is 2.39. The van der Waals surface area contributed by atoms with Crippen LogP contribution in [0.2, 0.25) is 10.0 Å². The molecule has 0 unspecified atom stereocenters. The number of amides is 2. The van der Waals surface area contributed by atoms with Gasteiger partial charge in [0.15, 0.2) is 5.76 Å². The number of methoxy groups -OCH3 is 1. The first-order chi connectivity index (χ1) is 12.4. The van der Waals surface area contributed by atoms with Crippen LogP contribution in [0, 0.1) is 0 Å². The normalized spacial score (nSPS) is 14.3. The fourth-order valence-electron chi connectivity index (χ4n) is 2.73. The molecule has 1 N–H and O–H groups in total. The van der Waals surface area contributed by atoms with Gasteiger partial charge in [-0.1, -0.05) is 41.4 Å². The van der Waals surface area contributed by atoms with Crippen molar-refractivity contribution >= 4 is 40.6 Å². The third-order valence-electron chi connectivity index (χ3n) is 4.13. The number of carbonyl (C=O) groups excluding carboxylic acids is 2. The first-order valence-electron chi connectivity index (χ1n) is 7.80. The minimum Gasteiger partial charge on any atom is -0.502 e. The van der Waals surface area contributed by atoms with Crippen molar-refractivity contribution in [3.8, 4) is 5.75 Å². The summed E-state index contributed by atoms with van der Waals surface area (Å²) in [5.41, 5.74) is 1.11. The van der Waals surface area contributed by atoms with E-state index in [1.807, 2.05) is 12.1 Å². The summed E-state index contributed by atoms with van der Waals surface area (Å²) in [4.78, 5) is 26.0. The van der Waals surface area contributed by atoms with Gasteiger partial charge in [-0.3, -0.25) is 14.5 Å². The molecule has 0 radical (unpaired) electrons. The smallest absolute Gasteiger partial charge is 0.296 e. The summed E-state index contributed by atoms with van der Waals surface area (Å²) >= 11 is 12.0. The van der Waals surface area contributed by atoms with Crippen molar-refractivity contribution in [1.29, 1.82) is 0 Å². The molecule has 26 heavy (non-hydrogen) atoms. The number of aliphatic hydroxyl groups is 1. The van der Waals surface area contributed by atoms with Gasteiger partial charge < -0.3 is 9.84 Å². The zero-order valence-corrected chi connectivity index (χ0v) is 15.3. The molecule has 134 valence electrons. The molecule has 0 bridgehead atoms. The Bertz CT molecular complexity index is 906. The van der Waals surface area contributed by atoms with Crippen molar-refractivity contribution < 1.29 is 19.4 Å². The number of hydrogen-bond acceptors (Lipinski definition) is 4. The van der Waals surface area contributed by atoms with Crippen molar-refractivity contribution in [2.45, 2.75) is 6.42 Å². The molecule has 5 nitrogen and oxygen atoms in total. The van der Waals surface area contributed by atoms with Crippen LogP contribution in [-0.4, -0.2) is 35.5 Å². The topological polar surface area (TPSA) is 66.8 Å². The van der Waals surface area contributed by atoms with Crippen LogP contribution in [0.25, 0.3) is 5.57 Å². The summed E-state index contributed by atoms with van der Waals surface area (Å²) in [6.45, 7) is 0.142. The van der Waals surface area contributed by atoms with Crippen LogP contribution in [-0.2, 0) is 16.0 Å². The SMILES string of the molecule is COc1ccc(CCN2C(=O)C(O)=C(c3ccc(Cl)cc3Cl)C2=O)cc1. The Hall–Kier alpha value is -2.50. The van der Waals surface area contributed by atoms with Crippen molar-refractivity contribution in [2.24, 2.45) is 0 Å². The van der Waals surface area contributed by atoms with Crippen molar-refractivity contribution in [3.63, 3.8) is 0 Å². The van der Waals surface area contributed by atoms with E-state index in [4.69, 9.17) is 27.9 Å². The molecule has 1 heterocycles. The Morgan fingerprint density at radius 2 is 1.73 bits per heavy atom. The van der Waals surface area contributed by atoms with Crippen LogP contribution in [0.4, 0.5) is 0 Å².